The molecule has 1 N–H and O–H groups in total. The third-order valence-electron chi connectivity index (χ3n) is 4.72. The quantitative estimate of drug-likeness (QED) is 0.821. The Morgan fingerprint density at radius 3 is 2.17 bits per heavy atom. The zero-order chi connectivity index (χ0) is 17.1. The average Bonchev–Trinajstić information content (AvgIpc) is 2.83. The molecule has 0 radical (unpaired) electrons. The van der Waals surface area contributed by atoms with Crippen molar-refractivity contribution in [3.63, 3.8) is 0 Å². The first-order chi connectivity index (χ1) is 11.4. The molecule has 5 nitrogen and oxygen atoms in total. The van der Waals surface area contributed by atoms with Gasteiger partial charge in [-0.25, -0.2) is 4.90 Å². The monoisotopic (exact) mass is 320 g/mol. The van der Waals surface area contributed by atoms with Gasteiger partial charge in [0.15, 0.2) is 0 Å². The first-order valence-corrected chi connectivity index (χ1v) is 7.81. The average molecular weight is 320 g/mol. The summed E-state index contributed by atoms with van der Waals surface area (Å²) in [4.78, 5) is 38.5. The van der Waals surface area contributed by atoms with Gasteiger partial charge in [-0.1, -0.05) is 32.0 Å². The number of carbonyl (C=O) groups excluding carboxylic acids is 3. The third kappa shape index (κ3) is 1.91. The summed E-state index contributed by atoms with van der Waals surface area (Å²) in [6.07, 6.45) is 0. The van der Waals surface area contributed by atoms with Gasteiger partial charge in [-0.3, -0.25) is 14.4 Å². The lowest BCUT2D eigenvalue weighted by Gasteiger charge is -2.33. The van der Waals surface area contributed by atoms with Crippen LogP contribution in [0.25, 0.3) is 0 Å². The van der Waals surface area contributed by atoms with E-state index in [2.05, 4.69) is 5.32 Å². The van der Waals surface area contributed by atoms with E-state index in [-0.39, 0.29) is 23.1 Å². The molecule has 0 unspecified atom stereocenters. The van der Waals surface area contributed by atoms with Gasteiger partial charge in [0.2, 0.25) is 0 Å². The van der Waals surface area contributed by atoms with Crippen LogP contribution >= 0.6 is 0 Å². The summed E-state index contributed by atoms with van der Waals surface area (Å²) in [5.41, 5.74) is 2.46. The van der Waals surface area contributed by atoms with E-state index in [0.29, 0.717) is 28.9 Å². The first-order valence-electron chi connectivity index (χ1n) is 7.81. The van der Waals surface area contributed by atoms with Crippen LogP contribution < -0.4 is 10.2 Å². The van der Waals surface area contributed by atoms with Crippen molar-refractivity contribution in [2.45, 2.75) is 19.3 Å². The molecule has 2 aromatic rings. The predicted octanol–water partition coefficient (Wildman–Crippen LogP) is 2.51. The smallest absolute Gasteiger partial charge is 0.266 e. The number of benzene rings is 2. The van der Waals surface area contributed by atoms with Crippen molar-refractivity contribution in [3.05, 3.63) is 64.7 Å². The zero-order valence-electron chi connectivity index (χ0n) is 13.4. The summed E-state index contributed by atoms with van der Waals surface area (Å²) < 4.78 is 0. The van der Waals surface area contributed by atoms with Crippen LogP contribution in [0.1, 0.15) is 50.5 Å². The molecule has 0 spiro atoms. The van der Waals surface area contributed by atoms with Crippen LogP contribution in [0.2, 0.25) is 0 Å². The molecular formula is C19H16N2O3. The molecule has 4 rings (SSSR count). The Balaban J connectivity index is 1.83. The van der Waals surface area contributed by atoms with E-state index in [0.717, 1.165) is 10.5 Å². The van der Waals surface area contributed by atoms with E-state index in [1.165, 1.54) is 0 Å². The van der Waals surface area contributed by atoms with Gasteiger partial charge in [0.1, 0.15) is 0 Å². The minimum atomic E-state index is -0.356. The number of amides is 3. The Hall–Kier alpha value is -2.95. The summed E-state index contributed by atoms with van der Waals surface area (Å²) in [6, 6.07) is 12.0. The van der Waals surface area contributed by atoms with Crippen LogP contribution in [0.3, 0.4) is 0 Å². The number of imide groups is 1. The van der Waals surface area contributed by atoms with Crippen LogP contribution in [0, 0.1) is 0 Å². The molecular weight excluding hydrogens is 304 g/mol. The SMILES string of the molecule is CC1(C)CNC(=O)c2cc(N3C(=O)c4ccccc4C3=O)ccc21. The molecule has 0 saturated carbocycles. The van der Waals surface area contributed by atoms with Crippen molar-refractivity contribution in [2.24, 2.45) is 0 Å². The van der Waals surface area contributed by atoms with Gasteiger partial charge in [0, 0.05) is 17.5 Å². The number of hydrogen-bond acceptors (Lipinski definition) is 3. The van der Waals surface area contributed by atoms with Crippen LogP contribution in [-0.4, -0.2) is 24.3 Å². The van der Waals surface area contributed by atoms with Gasteiger partial charge in [-0.15, -0.1) is 0 Å². The first kappa shape index (κ1) is 14.6. The Morgan fingerprint density at radius 2 is 1.54 bits per heavy atom. The fraction of sp³-hybridized carbons (Fsp3) is 0.211. The lowest BCUT2D eigenvalue weighted by Crippen LogP contribution is -2.43. The Labute approximate surface area is 139 Å². The van der Waals surface area contributed by atoms with Crippen molar-refractivity contribution >= 4 is 23.4 Å². The maximum atomic E-state index is 12.6. The number of nitrogens with one attached hydrogen (secondary N) is 1. The minimum Gasteiger partial charge on any atom is -0.351 e. The molecule has 120 valence electrons. The van der Waals surface area contributed by atoms with Gasteiger partial charge in [-0.2, -0.15) is 0 Å². The second kappa shape index (κ2) is 4.77. The van der Waals surface area contributed by atoms with Crippen molar-refractivity contribution in [3.8, 4) is 0 Å². The van der Waals surface area contributed by atoms with Gasteiger partial charge < -0.3 is 5.32 Å². The largest absolute Gasteiger partial charge is 0.351 e. The highest BCUT2D eigenvalue weighted by atomic mass is 16.2. The highest BCUT2D eigenvalue weighted by Gasteiger charge is 2.38. The minimum absolute atomic E-state index is 0.178. The van der Waals surface area contributed by atoms with Crippen molar-refractivity contribution in [1.29, 1.82) is 0 Å². The number of anilines is 1. The summed E-state index contributed by atoms with van der Waals surface area (Å²) in [5.74, 6) is -0.889. The molecule has 0 aliphatic carbocycles. The van der Waals surface area contributed by atoms with Crippen molar-refractivity contribution in [2.75, 3.05) is 11.4 Å². The van der Waals surface area contributed by atoms with Gasteiger partial charge in [-0.05, 0) is 29.8 Å². The van der Waals surface area contributed by atoms with E-state index in [1.807, 2.05) is 19.9 Å². The molecule has 2 heterocycles. The Kier molecular flexibility index (Phi) is 2.91. The van der Waals surface area contributed by atoms with Crippen molar-refractivity contribution in [1.82, 2.24) is 5.32 Å². The van der Waals surface area contributed by atoms with Crippen molar-refractivity contribution < 1.29 is 14.4 Å². The Morgan fingerprint density at radius 1 is 0.917 bits per heavy atom. The molecule has 0 bridgehead atoms. The van der Waals surface area contributed by atoms with E-state index < -0.39 is 0 Å². The molecule has 2 aromatic carbocycles. The van der Waals surface area contributed by atoms with E-state index in [1.54, 1.807) is 36.4 Å². The number of nitrogens with zero attached hydrogens (tertiary/aromatic N) is 1. The normalized spacial score (nSPS) is 18.2. The molecule has 5 heteroatoms. The number of hydrogen-bond donors (Lipinski definition) is 1. The van der Waals surface area contributed by atoms with Crippen LogP contribution in [-0.2, 0) is 5.41 Å². The van der Waals surface area contributed by atoms with E-state index in [9.17, 15) is 14.4 Å². The fourth-order valence-electron chi connectivity index (χ4n) is 3.36. The Bertz CT molecular complexity index is 880. The molecule has 0 saturated heterocycles. The lowest BCUT2D eigenvalue weighted by molar-refractivity contribution is 0.0912. The summed E-state index contributed by atoms with van der Waals surface area (Å²) in [7, 11) is 0. The second-order valence-corrected chi connectivity index (χ2v) is 6.79. The zero-order valence-corrected chi connectivity index (χ0v) is 13.4. The van der Waals surface area contributed by atoms with Crippen LogP contribution in [0.4, 0.5) is 5.69 Å². The lowest BCUT2D eigenvalue weighted by atomic mass is 9.79. The summed E-state index contributed by atoms with van der Waals surface area (Å²) in [5, 5.41) is 2.86. The van der Waals surface area contributed by atoms with E-state index in [4.69, 9.17) is 0 Å². The molecule has 0 fully saturated rings. The maximum absolute atomic E-state index is 12.6. The summed E-state index contributed by atoms with van der Waals surface area (Å²) >= 11 is 0. The fourth-order valence-corrected chi connectivity index (χ4v) is 3.36. The maximum Gasteiger partial charge on any atom is 0.266 e. The van der Waals surface area contributed by atoms with E-state index >= 15 is 0 Å². The highest BCUT2D eigenvalue weighted by Crippen LogP contribution is 2.34. The molecule has 24 heavy (non-hydrogen) atoms. The van der Waals surface area contributed by atoms with Gasteiger partial charge in [0.05, 0.1) is 16.8 Å². The molecule has 0 aromatic heterocycles. The molecule has 3 amide bonds. The second-order valence-electron chi connectivity index (χ2n) is 6.79. The predicted molar refractivity (Wildman–Crippen MR) is 89.4 cm³/mol. The summed E-state index contributed by atoms with van der Waals surface area (Å²) in [6.45, 7) is 4.66. The van der Waals surface area contributed by atoms with Gasteiger partial charge >= 0.3 is 0 Å². The number of fused-ring (bicyclic) bond motifs is 2. The van der Waals surface area contributed by atoms with Crippen LogP contribution in [0.5, 0.6) is 0 Å². The van der Waals surface area contributed by atoms with Gasteiger partial charge in [0.25, 0.3) is 17.7 Å². The topological polar surface area (TPSA) is 66.5 Å². The molecule has 2 aliphatic heterocycles. The number of carbonyl (C=O) groups is 3. The van der Waals surface area contributed by atoms with Crippen LogP contribution in [0.15, 0.2) is 42.5 Å². The third-order valence-corrected chi connectivity index (χ3v) is 4.72. The standard InChI is InChI=1S/C19H16N2O3/c1-19(2)10-20-16(22)14-9-11(7-8-15(14)19)21-17(23)12-5-3-4-6-13(12)18(21)24/h3-9H,10H2,1-2H3,(H,20,22). The number of rotatable bonds is 1. The highest BCUT2D eigenvalue weighted by molar-refractivity contribution is 6.34. The molecule has 0 atom stereocenters. The molecule has 2 aliphatic rings.